The zero-order valence-electron chi connectivity index (χ0n) is 6.96. The predicted molar refractivity (Wildman–Crippen MR) is 44.0 cm³/mol. The highest BCUT2D eigenvalue weighted by atomic mass is 14.9. The molecule has 0 aliphatic rings. The van der Waals surface area contributed by atoms with Gasteiger partial charge in [0, 0.05) is 30.4 Å². The Kier molecular flexibility index (Phi) is 2.54. The van der Waals surface area contributed by atoms with Crippen molar-refractivity contribution in [1.29, 1.82) is 0 Å². The smallest absolute Gasteiger partial charge is 0.128 e. The lowest BCUT2D eigenvalue weighted by Gasteiger charge is -2.01. The van der Waals surface area contributed by atoms with Crippen LogP contribution in [0.1, 0.15) is 24.0 Å². The molecule has 0 fully saturated rings. The molecule has 0 amide bonds. The monoisotopic (exact) mass is 151 g/mol. The molecule has 0 radical (unpaired) electrons. The minimum atomic E-state index is 0.524. The summed E-state index contributed by atoms with van der Waals surface area (Å²) in [6.45, 7) is 4.52. The van der Waals surface area contributed by atoms with E-state index in [1.165, 1.54) is 0 Å². The first-order valence-electron chi connectivity index (χ1n) is 3.79. The van der Waals surface area contributed by atoms with Crippen molar-refractivity contribution in [3.8, 4) is 0 Å². The minimum Gasteiger partial charge on any atom is -0.326 e. The van der Waals surface area contributed by atoms with Crippen molar-refractivity contribution < 1.29 is 0 Å². The van der Waals surface area contributed by atoms with Gasteiger partial charge in [-0.3, -0.25) is 0 Å². The largest absolute Gasteiger partial charge is 0.326 e. The van der Waals surface area contributed by atoms with Crippen molar-refractivity contribution in [2.24, 2.45) is 5.73 Å². The molecule has 3 nitrogen and oxygen atoms in total. The molecule has 11 heavy (non-hydrogen) atoms. The molecule has 0 atom stereocenters. The number of nitrogens with two attached hydrogens (primary N) is 1. The van der Waals surface area contributed by atoms with Gasteiger partial charge >= 0.3 is 0 Å². The van der Waals surface area contributed by atoms with Crippen LogP contribution in [0.2, 0.25) is 0 Å². The summed E-state index contributed by atoms with van der Waals surface area (Å²) in [7, 11) is 0. The Morgan fingerprint density at radius 1 is 1.55 bits per heavy atom. The van der Waals surface area contributed by atoms with Crippen LogP contribution in [-0.4, -0.2) is 9.97 Å². The van der Waals surface area contributed by atoms with Crippen molar-refractivity contribution in [1.82, 2.24) is 9.97 Å². The van der Waals surface area contributed by atoms with Gasteiger partial charge in [-0.1, -0.05) is 6.92 Å². The number of aryl methyl sites for hydroxylation is 2. The maximum atomic E-state index is 5.46. The average Bonchev–Trinajstić information content (AvgIpc) is 2.04. The van der Waals surface area contributed by atoms with Crippen LogP contribution in [0.25, 0.3) is 0 Å². The van der Waals surface area contributed by atoms with Gasteiger partial charge in [0.25, 0.3) is 0 Å². The molecule has 1 aromatic rings. The van der Waals surface area contributed by atoms with E-state index in [4.69, 9.17) is 5.73 Å². The summed E-state index contributed by atoms with van der Waals surface area (Å²) in [6.07, 6.45) is 2.69. The van der Waals surface area contributed by atoms with Gasteiger partial charge in [-0.05, 0) is 6.92 Å². The normalized spacial score (nSPS) is 10.1. The first-order chi connectivity index (χ1) is 5.27. The van der Waals surface area contributed by atoms with E-state index in [0.29, 0.717) is 6.54 Å². The van der Waals surface area contributed by atoms with Crippen molar-refractivity contribution in [2.75, 3.05) is 0 Å². The second kappa shape index (κ2) is 3.44. The van der Waals surface area contributed by atoms with Crippen LogP contribution in [0.15, 0.2) is 6.20 Å². The summed E-state index contributed by atoms with van der Waals surface area (Å²) in [5, 5.41) is 0. The molecule has 1 heterocycles. The van der Waals surface area contributed by atoms with Gasteiger partial charge in [0.2, 0.25) is 0 Å². The van der Waals surface area contributed by atoms with Gasteiger partial charge in [0.15, 0.2) is 0 Å². The lowest BCUT2D eigenvalue weighted by Crippen LogP contribution is -2.04. The molecule has 1 aromatic heterocycles. The molecule has 0 aliphatic heterocycles. The standard InChI is InChI=1S/C8H13N3/c1-3-8-10-5-7(4-9)6(2)11-8/h5H,3-4,9H2,1-2H3. The molecule has 0 aliphatic carbocycles. The third-order valence-corrected chi connectivity index (χ3v) is 1.67. The maximum absolute atomic E-state index is 5.46. The highest BCUT2D eigenvalue weighted by Gasteiger charge is 1.98. The van der Waals surface area contributed by atoms with E-state index < -0.39 is 0 Å². The molecule has 2 N–H and O–H groups in total. The van der Waals surface area contributed by atoms with Gasteiger partial charge in [-0.15, -0.1) is 0 Å². The van der Waals surface area contributed by atoms with E-state index >= 15 is 0 Å². The molecular formula is C8H13N3. The molecule has 0 saturated carbocycles. The minimum absolute atomic E-state index is 0.524. The number of hydrogen-bond acceptors (Lipinski definition) is 3. The fraction of sp³-hybridized carbons (Fsp3) is 0.500. The average molecular weight is 151 g/mol. The third kappa shape index (κ3) is 1.74. The Labute approximate surface area is 66.7 Å². The van der Waals surface area contributed by atoms with E-state index in [1.54, 1.807) is 6.20 Å². The molecule has 0 unspecified atom stereocenters. The van der Waals surface area contributed by atoms with Crippen molar-refractivity contribution in [2.45, 2.75) is 26.8 Å². The zero-order valence-corrected chi connectivity index (χ0v) is 6.96. The van der Waals surface area contributed by atoms with Gasteiger partial charge < -0.3 is 5.73 Å². The fourth-order valence-corrected chi connectivity index (χ4v) is 0.911. The molecule has 0 aromatic carbocycles. The second-order valence-corrected chi connectivity index (χ2v) is 2.45. The zero-order chi connectivity index (χ0) is 8.27. The maximum Gasteiger partial charge on any atom is 0.128 e. The highest BCUT2D eigenvalue weighted by molar-refractivity contribution is 5.15. The lowest BCUT2D eigenvalue weighted by molar-refractivity contribution is 0.879. The van der Waals surface area contributed by atoms with Gasteiger partial charge in [-0.25, -0.2) is 9.97 Å². The van der Waals surface area contributed by atoms with Gasteiger partial charge in [0.05, 0.1) is 0 Å². The summed E-state index contributed by atoms with van der Waals surface area (Å²) >= 11 is 0. The Hall–Kier alpha value is -0.960. The molecule has 60 valence electrons. The Morgan fingerprint density at radius 2 is 2.27 bits per heavy atom. The number of aromatic nitrogens is 2. The van der Waals surface area contributed by atoms with E-state index in [9.17, 15) is 0 Å². The van der Waals surface area contributed by atoms with Crippen LogP contribution < -0.4 is 5.73 Å². The molecule has 3 heteroatoms. The predicted octanol–water partition coefficient (Wildman–Crippen LogP) is 0.806. The van der Waals surface area contributed by atoms with Crippen LogP contribution in [0.4, 0.5) is 0 Å². The fourth-order valence-electron chi connectivity index (χ4n) is 0.911. The number of nitrogens with zero attached hydrogens (tertiary/aromatic N) is 2. The Bertz CT molecular complexity index is 245. The topological polar surface area (TPSA) is 51.8 Å². The lowest BCUT2D eigenvalue weighted by atomic mass is 10.2. The number of rotatable bonds is 2. The highest BCUT2D eigenvalue weighted by Crippen LogP contribution is 2.02. The van der Waals surface area contributed by atoms with Crippen LogP contribution in [0.5, 0.6) is 0 Å². The Morgan fingerprint density at radius 3 is 2.73 bits per heavy atom. The molecular weight excluding hydrogens is 138 g/mol. The van der Waals surface area contributed by atoms with Crippen molar-refractivity contribution in [3.63, 3.8) is 0 Å². The number of hydrogen-bond donors (Lipinski definition) is 1. The Balaban J connectivity index is 2.99. The quantitative estimate of drug-likeness (QED) is 0.680. The van der Waals surface area contributed by atoms with Crippen LogP contribution in [0, 0.1) is 6.92 Å². The first-order valence-corrected chi connectivity index (χ1v) is 3.79. The first kappa shape index (κ1) is 8.14. The second-order valence-electron chi connectivity index (χ2n) is 2.45. The van der Waals surface area contributed by atoms with Crippen LogP contribution in [-0.2, 0) is 13.0 Å². The molecule has 1 rings (SSSR count). The van der Waals surface area contributed by atoms with E-state index in [-0.39, 0.29) is 0 Å². The van der Waals surface area contributed by atoms with Crippen molar-refractivity contribution in [3.05, 3.63) is 23.3 Å². The summed E-state index contributed by atoms with van der Waals surface area (Å²) < 4.78 is 0. The summed E-state index contributed by atoms with van der Waals surface area (Å²) in [5.41, 5.74) is 7.49. The van der Waals surface area contributed by atoms with Crippen LogP contribution >= 0.6 is 0 Å². The molecule has 0 saturated heterocycles. The van der Waals surface area contributed by atoms with E-state index in [1.807, 2.05) is 13.8 Å². The van der Waals surface area contributed by atoms with E-state index in [0.717, 1.165) is 23.5 Å². The SMILES string of the molecule is CCc1ncc(CN)c(C)n1. The van der Waals surface area contributed by atoms with E-state index in [2.05, 4.69) is 9.97 Å². The molecule has 0 spiro atoms. The summed E-state index contributed by atoms with van der Waals surface area (Å²) in [4.78, 5) is 8.41. The summed E-state index contributed by atoms with van der Waals surface area (Å²) in [6, 6.07) is 0. The van der Waals surface area contributed by atoms with Crippen molar-refractivity contribution >= 4 is 0 Å². The molecule has 0 bridgehead atoms. The van der Waals surface area contributed by atoms with Gasteiger partial charge in [-0.2, -0.15) is 0 Å². The summed E-state index contributed by atoms with van der Waals surface area (Å²) in [5.74, 6) is 0.889. The van der Waals surface area contributed by atoms with Crippen LogP contribution in [0.3, 0.4) is 0 Å². The third-order valence-electron chi connectivity index (χ3n) is 1.67. The van der Waals surface area contributed by atoms with Gasteiger partial charge in [0.1, 0.15) is 5.82 Å².